The number of ether oxygens (including phenoxy) is 2. The molecule has 0 atom stereocenters. The van der Waals surface area contributed by atoms with Crippen LogP contribution in [0.5, 0.6) is 5.75 Å². The number of para-hydroxylation sites is 1. The molecule has 1 heterocycles. The summed E-state index contributed by atoms with van der Waals surface area (Å²) in [6.07, 6.45) is 3.21. The van der Waals surface area contributed by atoms with Crippen LogP contribution in [0.25, 0.3) is 0 Å². The Morgan fingerprint density at radius 2 is 1.79 bits per heavy atom. The third-order valence-corrected chi connectivity index (χ3v) is 3.91. The monoisotopic (exact) mass is 376 g/mol. The van der Waals surface area contributed by atoms with Crippen LogP contribution in [-0.2, 0) is 11.3 Å². The lowest BCUT2D eigenvalue weighted by atomic mass is 10.1. The van der Waals surface area contributed by atoms with Crippen LogP contribution in [-0.4, -0.2) is 23.5 Å². The molecule has 0 aliphatic carbocycles. The summed E-state index contributed by atoms with van der Waals surface area (Å²) in [5, 5.41) is 2.80. The molecule has 2 aromatic carbocycles. The fourth-order valence-corrected chi connectivity index (χ4v) is 2.53. The summed E-state index contributed by atoms with van der Waals surface area (Å²) in [4.78, 5) is 28.2. The van der Waals surface area contributed by atoms with Crippen LogP contribution >= 0.6 is 0 Å². The Morgan fingerprint density at radius 3 is 2.50 bits per heavy atom. The molecule has 3 rings (SSSR count). The molecule has 0 saturated carbocycles. The molecule has 0 bridgehead atoms. The van der Waals surface area contributed by atoms with E-state index in [9.17, 15) is 9.59 Å². The summed E-state index contributed by atoms with van der Waals surface area (Å²) in [6, 6.07) is 17.5. The van der Waals surface area contributed by atoms with E-state index in [-0.39, 0.29) is 18.5 Å². The molecule has 0 fully saturated rings. The maximum atomic E-state index is 12.6. The Morgan fingerprint density at radius 1 is 1.00 bits per heavy atom. The Kier molecular flexibility index (Phi) is 6.36. The van der Waals surface area contributed by atoms with Gasteiger partial charge in [-0.3, -0.25) is 9.78 Å². The average molecular weight is 376 g/mol. The molecule has 6 heteroatoms. The highest BCUT2D eigenvalue weighted by molar-refractivity contribution is 6.06. The summed E-state index contributed by atoms with van der Waals surface area (Å²) in [5.41, 5.74) is 2.39. The summed E-state index contributed by atoms with van der Waals surface area (Å²) in [5.74, 6) is -0.160. The molecule has 1 aromatic heterocycles. The number of benzene rings is 2. The average Bonchev–Trinajstić information content (AvgIpc) is 2.73. The van der Waals surface area contributed by atoms with Crippen molar-refractivity contribution in [2.24, 2.45) is 0 Å². The van der Waals surface area contributed by atoms with Gasteiger partial charge in [-0.25, -0.2) is 4.79 Å². The van der Waals surface area contributed by atoms with Gasteiger partial charge in [-0.1, -0.05) is 24.3 Å². The summed E-state index contributed by atoms with van der Waals surface area (Å²) >= 11 is 0. The number of anilines is 1. The van der Waals surface area contributed by atoms with E-state index in [2.05, 4.69) is 10.3 Å². The predicted molar refractivity (Wildman–Crippen MR) is 105 cm³/mol. The number of hydrogen-bond donors (Lipinski definition) is 1. The molecule has 28 heavy (non-hydrogen) atoms. The van der Waals surface area contributed by atoms with Crippen molar-refractivity contribution in [2.75, 3.05) is 11.9 Å². The van der Waals surface area contributed by atoms with Gasteiger partial charge in [0.25, 0.3) is 5.91 Å². The van der Waals surface area contributed by atoms with E-state index in [1.165, 1.54) is 0 Å². The second kappa shape index (κ2) is 9.32. The lowest BCUT2D eigenvalue weighted by Gasteiger charge is -2.12. The lowest BCUT2D eigenvalue weighted by molar-refractivity contribution is 0.0526. The smallest absolute Gasteiger partial charge is 0.338 e. The van der Waals surface area contributed by atoms with Crippen molar-refractivity contribution in [1.82, 2.24) is 4.98 Å². The van der Waals surface area contributed by atoms with E-state index in [1.54, 1.807) is 80.0 Å². The van der Waals surface area contributed by atoms with E-state index in [0.717, 1.165) is 5.56 Å². The minimum Gasteiger partial charge on any atom is -0.488 e. The zero-order valence-corrected chi connectivity index (χ0v) is 15.4. The van der Waals surface area contributed by atoms with Crippen LogP contribution in [0.2, 0.25) is 0 Å². The quantitative estimate of drug-likeness (QED) is 0.629. The van der Waals surface area contributed by atoms with Crippen LogP contribution in [0.1, 0.15) is 33.2 Å². The molecule has 0 spiro atoms. The number of nitrogens with zero attached hydrogens (tertiary/aromatic N) is 1. The lowest BCUT2D eigenvalue weighted by Crippen LogP contribution is -2.13. The molecule has 0 aliphatic rings. The highest BCUT2D eigenvalue weighted by atomic mass is 16.5. The first-order valence-corrected chi connectivity index (χ1v) is 8.86. The molecule has 0 aliphatic heterocycles. The molecule has 142 valence electrons. The molecule has 3 aromatic rings. The highest BCUT2D eigenvalue weighted by Gasteiger charge is 2.13. The molecule has 6 nitrogen and oxygen atoms in total. The van der Waals surface area contributed by atoms with Crippen LogP contribution in [0.3, 0.4) is 0 Å². The van der Waals surface area contributed by atoms with Crippen molar-refractivity contribution in [3.05, 3.63) is 89.7 Å². The Balaban J connectivity index is 1.66. The molecule has 0 unspecified atom stereocenters. The first kappa shape index (κ1) is 19.1. The van der Waals surface area contributed by atoms with Gasteiger partial charge in [0.2, 0.25) is 0 Å². The molecular weight excluding hydrogens is 356 g/mol. The van der Waals surface area contributed by atoms with E-state index in [4.69, 9.17) is 9.47 Å². The van der Waals surface area contributed by atoms with Crippen molar-refractivity contribution >= 4 is 17.6 Å². The molecule has 0 saturated heterocycles. The van der Waals surface area contributed by atoms with Crippen molar-refractivity contribution in [1.29, 1.82) is 0 Å². The first-order chi connectivity index (χ1) is 13.7. The number of amides is 1. The molecular formula is C22H20N2O4. The fourth-order valence-electron chi connectivity index (χ4n) is 2.53. The highest BCUT2D eigenvalue weighted by Crippen LogP contribution is 2.21. The summed E-state index contributed by atoms with van der Waals surface area (Å²) in [7, 11) is 0. The van der Waals surface area contributed by atoms with Gasteiger partial charge in [-0.05, 0) is 48.9 Å². The number of rotatable bonds is 7. The topological polar surface area (TPSA) is 77.5 Å². The largest absolute Gasteiger partial charge is 0.488 e. The Bertz CT molecular complexity index is 940. The minimum absolute atomic E-state index is 0.264. The van der Waals surface area contributed by atoms with Crippen molar-refractivity contribution in [2.45, 2.75) is 13.5 Å². The van der Waals surface area contributed by atoms with Crippen LogP contribution in [0.4, 0.5) is 5.69 Å². The van der Waals surface area contributed by atoms with Gasteiger partial charge in [0.1, 0.15) is 12.4 Å². The van der Waals surface area contributed by atoms with E-state index in [0.29, 0.717) is 29.2 Å². The minimum atomic E-state index is -0.354. The third-order valence-electron chi connectivity index (χ3n) is 3.91. The van der Waals surface area contributed by atoms with Gasteiger partial charge >= 0.3 is 5.97 Å². The normalized spacial score (nSPS) is 10.2. The summed E-state index contributed by atoms with van der Waals surface area (Å²) in [6.45, 7) is 2.36. The van der Waals surface area contributed by atoms with Gasteiger partial charge in [0, 0.05) is 6.20 Å². The van der Waals surface area contributed by atoms with Crippen molar-refractivity contribution in [3.63, 3.8) is 0 Å². The SMILES string of the molecule is CCOC(=O)c1ccc(COc2ccccc2C(=O)Nc2cccnc2)cc1. The molecule has 1 amide bonds. The summed E-state index contributed by atoms with van der Waals surface area (Å²) < 4.78 is 10.8. The standard InChI is InChI=1S/C22H20N2O4/c1-2-27-22(26)17-11-9-16(10-12-17)15-28-20-8-4-3-7-19(20)21(25)24-18-6-5-13-23-14-18/h3-14H,2,15H2,1H3,(H,24,25). The van der Waals surface area contributed by atoms with Gasteiger partial charge < -0.3 is 14.8 Å². The number of nitrogens with one attached hydrogen (secondary N) is 1. The maximum absolute atomic E-state index is 12.6. The molecule has 1 N–H and O–H groups in total. The van der Waals surface area contributed by atoms with Crippen molar-refractivity contribution in [3.8, 4) is 5.75 Å². The Labute approximate surface area is 163 Å². The number of carbonyl (C=O) groups is 2. The van der Waals surface area contributed by atoms with Crippen molar-refractivity contribution < 1.29 is 19.1 Å². The predicted octanol–water partition coefficient (Wildman–Crippen LogP) is 4.09. The number of esters is 1. The van der Waals surface area contributed by atoms with E-state index < -0.39 is 0 Å². The number of aromatic nitrogens is 1. The Hall–Kier alpha value is -3.67. The maximum Gasteiger partial charge on any atom is 0.338 e. The fraction of sp³-hybridized carbons (Fsp3) is 0.136. The number of carbonyl (C=O) groups excluding carboxylic acids is 2. The zero-order valence-electron chi connectivity index (χ0n) is 15.4. The third kappa shape index (κ3) is 4.94. The zero-order chi connectivity index (χ0) is 19.8. The van der Waals surface area contributed by atoms with Gasteiger partial charge in [-0.2, -0.15) is 0 Å². The van der Waals surface area contributed by atoms with E-state index >= 15 is 0 Å². The number of pyridine rings is 1. The second-order valence-electron chi connectivity index (χ2n) is 5.90. The van der Waals surface area contributed by atoms with Gasteiger partial charge in [0.15, 0.2) is 0 Å². The van der Waals surface area contributed by atoms with Gasteiger partial charge in [-0.15, -0.1) is 0 Å². The number of hydrogen-bond acceptors (Lipinski definition) is 5. The van der Waals surface area contributed by atoms with E-state index in [1.807, 2.05) is 0 Å². The van der Waals surface area contributed by atoms with Crippen LogP contribution < -0.4 is 10.1 Å². The van der Waals surface area contributed by atoms with Crippen LogP contribution in [0.15, 0.2) is 73.1 Å². The second-order valence-corrected chi connectivity index (χ2v) is 5.90. The molecule has 0 radical (unpaired) electrons. The first-order valence-electron chi connectivity index (χ1n) is 8.86. The van der Waals surface area contributed by atoms with Crippen LogP contribution in [0, 0.1) is 0 Å². The van der Waals surface area contributed by atoms with Gasteiger partial charge in [0.05, 0.1) is 29.6 Å².